The third kappa shape index (κ3) is 2.58. The number of ether oxygens (including phenoxy) is 1. The molecule has 0 bridgehead atoms. The quantitative estimate of drug-likeness (QED) is 0.784. The Hall–Kier alpha value is -0.870. The van der Waals surface area contributed by atoms with E-state index in [2.05, 4.69) is 0 Å². The molecule has 0 aromatic heterocycles. The molecule has 0 aliphatic carbocycles. The first-order valence-corrected chi connectivity index (χ1v) is 6.69. The summed E-state index contributed by atoms with van der Waals surface area (Å²) in [6, 6.07) is 8.60. The second kappa shape index (κ2) is 4.33. The normalized spacial score (nSPS) is 21.7. The van der Waals surface area contributed by atoms with E-state index >= 15 is 0 Å². The lowest BCUT2D eigenvalue weighted by atomic mass is 10.2. The first-order chi connectivity index (χ1) is 7.18. The Morgan fingerprint density at radius 3 is 2.60 bits per heavy atom. The minimum Gasteiger partial charge on any atom is -0.381 e. The van der Waals surface area contributed by atoms with Gasteiger partial charge in [0.25, 0.3) is 0 Å². The third-order valence-corrected chi connectivity index (χ3v) is 4.48. The van der Waals surface area contributed by atoms with E-state index in [-0.39, 0.29) is 11.7 Å². The van der Waals surface area contributed by atoms with Crippen molar-refractivity contribution in [3.63, 3.8) is 0 Å². The topological polar surface area (TPSA) is 43.4 Å². The van der Waals surface area contributed by atoms with E-state index in [1.807, 2.05) is 6.07 Å². The molecule has 1 saturated heterocycles. The van der Waals surface area contributed by atoms with Crippen LogP contribution in [0, 0.1) is 5.92 Å². The monoisotopic (exact) mass is 226 g/mol. The van der Waals surface area contributed by atoms with Crippen LogP contribution in [0.3, 0.4) is 0 Å². The molecule has 1 aromatic rings. The molecule has 1 aromatic carbocycles. The largest absolute Gasteiger partial charge is 0.381 e. The van der Waals surface area contributed by atoms with Crippen LogP contribution < -0.4 is 0 Å². The van der Waals surface area contributed by atoms with E-state index in [1.54, 1.807) is 24.3 Å². The molecule has 2 rings (SSSR count). The van der Waals surface area contributed by atoms with E-state index in [4.69, 9.17) is 4.74 Å². The molecule has 1 heterocycles. The predicted molar refractivity (Wildman–Crippen MR) is 57.4 cm³/mol. The number of benzene rings is 1. The Kier molecular flexibility index (Phi) is 3.07. The van der Waals surface area contributed by atoms with Crippen molar-refractivity contribution in [1.29, 1.82) is 0 Å². The second-order valence-corrected chi connectivity index (χ2v) is 5.86. The predicted octanol–water partition coefficient (Wildman–Crippen LogP) is 1.50. The third-order valence-electron chi connectivity index (χ3n) is 2.58. The molecule has 0 N–H and O–H groups in total. The van der Waals surface area contributed by atoms with Crippen LogP contribution in [0.4, 0.5) is 0 Å². The van der Waals surface area contributed by atoms with Crippen LogP contribution in [0.5, 0.6) is 0 Å². The highest BCUT2D eigenvalue weighted by atomic mass is 32.2. The lowest BCUT2D eigenvalue weighted by molar-refractivity contribution is 0.188. The zero-order valence-corrected chi connectivity index (χ0v) is 9.24. The van der Waals surface area contributed by atoms with E-state index in [0.717, 1.165) is 6.42 Å². The van der Waals surface area contributed by atoms with Crippen LogP contribution in [0.25, 0.3) is 0 Å². The van der Waals surface area contributed by atoms with Gasteiger partial charge in [0.2, 0.25) is 0 Å². The van der Waals surface area contributed by atoms with E-state index < -0.39 is 9.84 Å². The van der Waals surface area contributed by atoms with Crippen molar-refractivity contribution < 1.29 is 13.2 Å². The van der Waals surface area contributed by atoms with Crippen LogP contribution in [0.2, 0.25) is 0 Å². The van der Waals surface area contributed by atoms with Crippen LogP contribution in [-0.2, 0) is 14.6 Å². The molecule has 1 atom stereocenters. The summed E-state index contributed by atoms with van der Waals surface area (Å²) in [5.41, 5.74) is 0. The zero-order chi connectivity index (χ0) is 10.7. The Balaban J connectivity index is 2.13. The lowest BCUT2D eigenvalue weighted by Crippen LogP contribution is -2.16. The SMILES string of the molecule is O=S(=O)(C[C@@H]1CCOC1)c1ccccc1. The molecule has 1 aliphatic rings. The molecule has 82 valence electrons. The standard InChI is InChI=1S/C11H14O3S/c12-15(13,9-10-6-7-14-8-10)11-4-2-1-3-5-11/h1-5,10H,6-9H2/t10-/m1/s1. The van der Waals surface area contributed by atoms with Crippen molar-refractivity contribution in [3.8, 4) is 0 Å². The second-order valence-electron chi connectivity index (χ2n) is 3.82. The van der Waals surface area contributed by atoms with Crippen LogP contribution in [0.1, 0.15) is 6.42 Å². The lowest BCUT2D eigenvalue weighted by Gasteiger charge is -2.08. The Morgan fingerprint density at radius 1 is 1.27 bits per heavy atom. The molecule has 1 aliphatic heterocycles. The number of rotatable bonds is 3. The van der Waals surface area contributed by atoms with Crippen molar-refractivity contribution in [3.05, 3.63) is 30.3 Å². The Labute approximate surface area is 90.0 Å². The minimum atomic E-state index is -3.12. The van der Waals surface area contributed by atoms with E-state index in [1.165, 1.54) is 0 Å². The maximum Gasteiger partial charge on any atom is 0.178 e. The maximum absolute atomic E-state index is 11.9. The highest BCUT2D eigenvalue weighted by Crippen LogP contribution is 2.19. The number of hydrogen-bond acceptors (Lipinski definition) is 3. The summed E-state index contributed by atoms with van der Waals surface area (Å²) < 4.78 is 29.0. The average molecular weight is 226 g/mol. The van der Waals surface area contributed by atoms with Crippen molar-refractivity contribution in [2.45, 2.75) is 11.3 Å². The van der Waals surface area contributed by atoms with Gasteiger partial charge in [0.05, 0.1) is 17.3 Å². The van der Waals surface area contributed by atoms with Gasteiger partial charge < -0.3 is 4.74 Å². The highest BCUT2D eigenvalue weighted by Gasteiger charge is 2.24. The Bertz CT molecular complexity index is 405. The summed E-state index contributed by atoms with van der Waals surface area (Å²) in [6.45, 7) is 1.26. The number of hydrogen-bond donors (Lipinski definition) is 0. The van der Waals surface area contributed by atoms with Gasteiger partial charge in [0, 0.05) is 6.61 Å². The van der Waals surface area contributed by atoms with Crippen molar-refractivity contribution in [2.75, 3.05) is 19.0 Å². The molecule has 0 amide bonds. The van der Waals surface area contributed by atoms with Crippen LogP contribution >= 0.6 is 0 Å². The fourth-order valence-electron chi connectivity index (χ4n) is 1.75. The summed E-state index contributed by atoms with van der Waals surface area (Å²) in [5, 5.41) is 0. The molecule has 1 fully saturated rings. The molecule has 15 heavy (non-hydrogen) atoms. The molecule has 0 radical (unpaired) electrons. The van der Waals surface area contributed by atoms with Gasteiger partial charge in [-0.05, 0) is 24.5 Å². The molecule has 0 spiro atoms. The molecule has 0 saturated carbocycles. The summed E-state index contributed by atoms with van der Waals surface area (Å²) in [6.07, 6.45) is 0.853. The molecule has 4 heteroatoms. The minimum absolute atomic E-state index is 0.162. The Morgan fingerprint density at radius 2 is 2.00 bits per heavy atom. The highest BCUT2D eigenvalue weighted by molar-refractivity contribution is 7.91. The number of sulfone groups is 1. The summed E-state index contributed by atoms with van der Waals surface area (Å²) in [4.78, 5) is 0.414. The van der Waals surface area contributed by atoms with Gasteiger partial charge in [-0.1, -0.05) is 18.2 Å². The first kappa shape index (κ1) is 10.6. The average Bonchev–Trinajstić information content (AvgIpc) is 2.71. The van der Waals surface area contributed by atoms with E-state index in [0.29, 0.717) is 18.1 Å². The maximum atomic E-state index is 11.9. The molecule has 0 unspecified atom stereocenters. The smallest absolute Gasteiger partial charge is 0.178 e. The fourth-order valence-corrected chi connectivity index (χ4v) is 3.40. The molecular formula is C11H14O3S. The van der Waals surface area contributed by atoms with Gasteiger partial charge in [0.15, 0.2) is 9.84 Å². The summed E-state index contributed by atoms with van der Waals surface area (Å²) >= 11 is 0. The van der Waals surface area contributed by atoms with Gasteiger partial charge in [0.1, 0.15) is 0 Å². The zero-order valence-electron chi connectivity index (χ0n) is 8.43. The van der Waals surface area contributed by atoms with E-state index in [9.17, 15) is 8.42 Å². The van der Waals surface area contributed by atoms with Gasteiger partial charge >= 0.3 is 0 Å². The summed E-state index contributed by atoms with van der Waals surface area (Å²) in [7, 11) is -3.12. The summed E-state index contributed by atoms with van der Waals surface area (Å²) in [5.74, 6) is 0.368. The first-order valence-electron chi connectivity index (χ1n) is 5.04. The molecule has 3 nitrogen and oxygen atoms in total. The fraction of sp³-hybridized carbons (Fsp3) is 0.455. The van der Waals surface area contributed by atoms with Crippen molar-refractivity contribution in [1.82, 2.24) is 0 Å². The van der Waals surface area contributed by atoms with Gasteiger partial charge in [-0.3, -0.25) is 0 Å². The van der Waals surface area contributed by atoms with Crippen LogP contribution in [0.15, 0.2) is 35.2 Å². The van der Waals surface area contributed by atoms with Crippen molar-refractivity contribution in [2.24, 2.45) is 5.92 Å². The van der Waals surface area contributed by atoms with Gasteiger partial charge in [-0.25, -0.2) is 8.42 Å². The van der Waals surface area contributed by atoms with Gasteiger partial charge in [-0.2, -0.15) is 0 Å². The molecular weight excluding hydrogens is 212 g/mol. The van der Waals surface area contributed by atoms with Gasteiger partial charge in [-0.15, -0.1) is 0 Å². The van der Waals surface area contributed by atoms with Crippen molar-refractivity contribution >= 4 is 9.84 Å². The van der Waals surface area contributed by atoms with Crippen LogP contribution in [-0.4, -0.2) is 27.4 Å².